The van der Waals surface area contributed by atoms with E-state index in [0.717, 1.165) is 41.3 Å². The van der Waals surface area contributed by atoms with Gasteiger partial charge in [-0.05, 0) is 107 Å². The SMILES string of the molecule is c1ccc(C2Cc3cc4c(cc3N2c2ccccc2)B2c3cc5c(cc3Oc3cccc(c32)O4)CC(c2ccccc2)N5c2ccccc2)cc1. The molecule has 0 saturated heterocycles. The Kier molecular flexibility index (Phi) is 6.26. The molecule has 0 amide bonds. The molecule has 2 atom stereocenters. The van der Waals surface area contributed by atoms with Crippen LogP contribution in [0.4, 0.5) is 22.7 Å². The fourth-order valence-electron chi connectivity index (χ4n) is 8.99. The molecule has 0 aliphatic carbocycles. The first-order valence-corrected chi connectivity index (χ1v) is 17.9. The molecule has 0 aromatic heterocycles. The third kappa shape index (κ3) is 4.41. The van der Waals surface area contributed by atoms with Gasteiger partial charge in [0, 0.05) is 28.2 Å². The first-order chi connectivity index (χ1) is 25.3. The average molecular weight is 657 g/mol. The summed E-state index contributed by atoms with van der Waals surface area (Å²) in [5.74, 6) is 3.60. The van der Waals surface area contributed by atoms with Gasteiger partial charge in [-0.1, -0.05) is 103 Å². The summed E-state index contributed by atoms with van der Waals surface area (Å²) in [7, 11) is 0. The van der Waals surface area contributed by atoms with Crippen LogP contribution in [0.3, 0.4) is 0 Å². The summed E-state index contributed by atoms with van der Waals surface area (Å²) < 4.78 is 13.6. The highest BCUT2D eigenvalue weighted by Gasteiger charge is 2.44. The van der Waals surface area contributed by atoms with E-state index in [0.29, 0.717) is 0 Å². The molecule has 4 nitrogen and oxygen atoms in total. The van der Waals surface area contributed by atoms with Gasteiger partial charge in [-0.15, -0.1) is 0 Å². The fraction of sp³-hybridized carbons (Fsp3) is 0.0870. The maximum Gasteiger partial charge on any atom is 0.260 e. The molecule has 0 N–H and O–H groups in total. The number of anilines is 4. The van der Waals surface area contributed by atoms with Crippen LogP contribution in [0.5, 0.6) is 23.0 Å². The standard InChI is InChI=1S/C46H33BN2O2/c1-5-14-30(15-6-1)38-24-32-26-44-36(28-40(32)48(38)34-18-9-3-10-19-34)47-37-29-41-33(27-45(37)51-43-23-13-22-42(50-44)46(43)47)25-39(31-16-7-2-8-17-31)49(41)35-20-11-4-12-21-35/h1-23,26-29,38-39H,24-25H2. The molecule has 5 heteroatoms. The van der Waals surface area contributed by atoms with Crippen LogP contribution in [0.15, 0.2) is 164 Å². The first-order valence-electron chi connectivity index (χ1n) is 17.9. The Hall–Kier alpha value is -6.20. The Labute approximate surface area is 298 Å². The van der Waals surface area contributed by atoms with E-state index in [1.165, 1.54) is 55.9 Å². The van der Waals surface area contributed by atoms with E-state index in [2.05, 4.69) is 168 Å². The van der Waals surface area contributed by atoms with Gasteiger partial charge in [-0.3, -0.25) is 0 Å². The monoisotopic (exact) mass is 656 g/mol. The third-order valence-corrected chi connectivity index (χ3v) is 11.2. The number of hydrogen-bond acceptors (Lipinski definition) is 4. The smallest absolute Gasteiger partial charge is 0.260 e. The molecule has 0 bridgehead atoms. The van der Waals surface area contributed by atoms with Crippen molar-refractivity contribution in [1.82, 2.24) is 0 Å². The Morgan fingerprint density at radius 2 is 0.843 bits per heavy atom. The van der Waals surface area contributed by atoms with Crippen molar-refractivity contribution in [3.05, 3.63) is 186 Å². The number of ether oxygens (including phenoxy) is 2. The minimum Gasteiger partial charge on any atom is -0.458 e. The van der Waals surface area contributed by atoms with Gasteiger partial charge in [0.1, 0.15) is 23.0 Å². The Bertz CT molecular complexity index is 2290. The second-order valence-corrected chi connectivity index (χ2v) is 14.0. The highest BCUT2D eigenvalue weighted by Crippen LogP contribution is 2.49. The minimum absolute atomic E-state index is 0.0407. The lowest BCUT2D eigenvalue weighted by atomic mass is 9.34. The van der Waals surface area contributed by atoms with E-state index in [4.69, 9.17) is 9.47 Å². The van der Waals surface area contributed by atoms with Gasteiger partial charge in [-0.2, -0.15) is 0 Å². The van der Waals surface area contributed by atoms with Gasteiger partial charge in [0.25, 0.3) is 6.71 Å². The Morgan fingerprint density at radius 1 is 0.431 bits per heavy atom. The van der Waals surface area contributed by atoms with Gasteiger partial charge in [0.15, 0.2) is 0 Å². The largest absolute Gasteiger partial charge is 0.458 e. The lowest BCUT2D eigenvalue weighted by Gasteiger charge is -2.35. The number of fused-ring (bicyclic) bond motifs is 6. The maximum atomic E-state index is 6.80. The molecule has 51 heavy (non-hydrogen) atoms. The van der Waals surface area contributed by atoms with Gasteiger partial charge in [0.05, 0.1) is 12.1 Å². The second kappa shape index (κ2) is 11.2. The van der Waals surface area contributed by atoms with Crippen LogP contribution in [0.2, 0.25) is 0 Å². The molecule has 4 aliphatic rings. The summed E-state index contributed by atoms with van der Waals surface area (Å²) in [5, 5.41) is 0. The predicted molar refractivity (Wildman–Crippen MR) is 207 cm³/mol. The van der Waals surface area contributed by atoms with Crippen LogP contribution >= 0.6 is 0 Å². The summed E-state index contributed by atoms with van der Waals surface area (Å²) in [4.78, 5) is 5.05. The van der Waals surface area contributed by atoms with Crippen molar-refractivity contribution in [2.24, 2.45) is 0 Å². The predicted octanol–water partition coefficient (Wildman–Crippen LogP) is 9.29. The lowest BCUT2D eigenvalue weighted by Crippen LogP contribution is -2.57. The van der Waals surface area contributed by atoms with Crippen molar-refractivity contribution in [3.63, 3.8) is 0 Å². The van der Waals surface area contributed by atoms with E-state index < -0.39 is 0 Å². The van der Waals surface area contributed by atoms with Crippen LogP contribution in [0.1, 0.15) is 34.3 Å². The van der Waals surface area contributed by atoms with Crippen LogP contribution in [0.25, 0.3) is 0 Å². The zero-order valence-electron chi connectivity index (χ0n) is 27.9. The summed E-state index contributed by atoms with van der Waals surface area (Å²) in [6.45, 7) is -0.0407. The Balaban J connectivity index is 1.10. The summed E-state index contributed by atoms with van der Waals surface area (Å²) in [6, 6.07) is 59.5. The topological polar surface area (TPSA) is 24.9 Å². The molecular formula is C46H33BN2O2. The molecule has 0 radical (unpaired) electrons. The fourth-order valence-corrected chi connectivity index (χ4v) is 8.99. The summed E-state index contributed by atoms with van der Waals surface area (Å²) in [6.07, 6.45) is 1.81. The molecule has 4 heterocycles. The number of benzene rings is 7. The van der Waals surface area contributed by atoms with Crippen molar-refractivity contribution in [1.29, 1.82) is 0 Å². The molecule has 242 valence electrons. The summed E-state index contributed by atoms with van der Waals surface area (Å²) in [5.41, 5.74) is 13.5. The van der Waals surface area contributed by atoms with Crippen molar-refractivity contribution in [2.75, 3.05) is 9.80 Å². The highest BCUT2D eigenvalue weighted by molar-refractivity contribution is 6.98. The molecule has 2 unspecified atom stereocenters. The van der Waals surface area contributed by atoms with E-state index >= 15 is 0 Å². The molecule has 0 saturated carbocycles. The van der Waals surface area contributed by atoms with Gasteiger partial charge >= 0.3 is 0 Å². The zero-order valence-corrected chi connectivity index (χ0v) is 27.9. The molecular weight excluding hydrogens is 623 g/mol. The van der Waals surface area contributed by atoms with Crippen molar-refractivity contribution in [3.8, 4) is 23.0 Å². The number of nitrogens with zero attached hydrogens (tertiary/aromatic N) is 2. The normalized spacial score (nSPS) is 17.5. The van der Waals surface area contributed by atoms with E-state index in [1.54, 1.807) is 0 Å². The lowest BCUT2D eigenvalue weighted by molar-refractivity contribution is 0.464. The van der Waals surface area contributed by atoms with Crippen LogP contribution in [-0.4, -0.2) is 6.71 Å². The minimum atomic E-state index is -0.0407. The molecule has 0 fully saturated rings. The molecule has 0 spiro atoms. The quantitative estimate of drug-likeness (QED) is 0.176. The molecule has 11 rings (SSSR count). The second-order valence-electron chi connectivity index (χ2n) is 14.0. The molecule has 7 aromatic carbocycles. The van der Waals surface area contributed by atoms with Crippen molar-refractivity contribution < 1.29 is 9.47 Å². The third-order valence-electron chi connectivity index (χ3n) is 11.2. The van der Waals surface area contributed by atoms with Gasteiger partial charge in [-0.25, -0.2) is 0 Å². The van der Waals surface area contributed by atoms with E-state index in [9.17, 15) is 0 Å². The van der Waals surface area contributed by atoms with Crippen LogP contribution in [-0.2, 0) is 12.8 Å². The van der Waals surface area contributed by atoms with Gasteiger partial charge < -0.3 is 19.3 Å². The number of rotatable bonds is 4. The van der Waals surface area contributed by atoms with Gasteiger partial charge in [0.2, 0.25) is 0 Å². The number of para-hydroxylation sites is 2. The van der Waals surface area contributed by atoms with E-state index in [1.807, 2.05) is 6.07 Å². The van der Waals surface area contributed by atoms with Crippen LogP contribution in [0, 0.1) is 0 Å². The maximum absolute atomic E-state index is 6.80. The Morgan fingerprint density at radius 3 is 1.27 bits per heavy atom. The molecule has 7 aromatic rings. The van der Waals surface area contributed by atoms with Crippen molar-refractivity contribution in [2.45, 2.75) is 24.9 Å². The first kappa shape index (κ1) is 28.6. The van der Waals surface area contributed by atoms with Crippen molar-refractivity contribution >= 4 is 45.9 Å². The zero-order chi connectivity index (χ0) is 33.5. The van der Waals surface area contributed by atoms with E-state index in [-0.39, 0.29) is 18.8 Å². The molecule has 4 aliphatic heterocycles. The number of hydrogen-bond donors (Lipinski definition) is 0. The van der Waals surface area contributed by atoms with Crippen LogP contribution < -0.4 is 35.7 Å². The average Bonchev–Trinajstić information content (AvgIpc) is 3.76. The highest BCUT2D eigenvalue weighted by atomic mass is 16.5. The summed E-state index contributed by atoms with van der Waals surface area (Å²) >= 11 is 0.